The Balaban J connectivity index is 1.29. The lowest BCUT2D eigenvalue weighted by Gasteiger charge is -2.12. The lowest BCUT2D eigenvalue weighted by atomic mass is 10.4. The van der Waals surface area contributed by atoms with Gasteiger partial charge in [-0.1, -0.05) is 0 Å². The molecule has 18 heavy (non-hydrogen) atoms. The van der Waals surface area contributed by atoms with E-state index in [4.69, 9.17) is 23.7 Å². The molecule has 1 aliphatic carbocycles. The van der Waals surface area contributed by atoms with Gasteiger partial charge in [0.2, 0.25) is 0 Å². The van der Waals surface area contributed by atoms with Crippen LogP contribution in [0, 0.1) is 5.92 Å². The number of hydrogen-bond acceptors (Lipinski definition) is 6. The van der Waals surface area contributed by atoms with Gasteiger partial charge in [0.05, 0.1) is 33.0 Å². The van der Waals surface area contributed by atoms with Crippen molar-refractivity contribution < 1.29 is 28.8 Å². The summed E-state index contributed by atoms with van der Waals surface area (Å²) < 4.78 is 25.7. The first-order chi connectivity index (χ1) is 8.84. The van der Waals surface area contributed by atoms with Crippen molar-refractivity contribution in [2.45, 2.75) is 25.0 Å². The Labute approximate surface area is 107 Å². The number of aliphatic hydroxyl groups is 1. The molecule has 2 aliphatic rings. The molecular formula is C12H22O6. The highest BCUT2D eigenvalue weighted by molar-refractivity contribution is 4.71. The molecule has 6 heteroatoms. The van der Waals surface area contributed by atoms with Crippen molar-refractivity contribution in [1.29, 1.82) is 0 Å². The minimum Gasteiger partial charge on any atom is -0.388 e. The predicted octanol–water partition coefficient (Wildman–Crippen LogP) is 0.138. The van der Waals surface area contributed by atoms with Crippen LogP contribution in [-0.4, -0.2) is 63.9 Å². The highest BCUT2D eigenvalue weighted by Gasteiger charge is 2.22. The van der Waals surface area contributed by atoms with E-state index >= 15 is 0 Å². The van der Waals surface area contributed by atoms with Crippen molar-refractivity contribution in [3.63, 3.8) is 0 Å². The summed E-state index contributed by atoms with van der Waals surface area (Å²) in [5.41, 5.74) is 0. The van der Waals surface area contributed by atoms with Gasteiger partial charge in [-0.2, -0.15) is 0 Å². The normalized spacial score (nSPS) is 24.2. The third-order valence-corrected chi connectivity index (χ3v) is 2.71. The third kappa shape index (κ3) is 7.25. The van der Waals surface area contributed by atoms with Crippen LogP contribution >= 0.6 is 0 Å². The van der Waals surface area contributed by atoms with Gasteiger partial charge in [0.15, 0.2) is 0 Å². The average Bonchev–Trinajstić information content (AvgIpc) is 3.23. The molecule has 6 nitrogen and oxygen atoms in total. The van der Waals surface area contributed by atoms with Crippen LogP contribution in [0.4, 0.5) is 0 Å². The molecule has 106 valence electrons. The highest BCUT2D eigenvalue weighted by Crippen LogP contribution is 2.28. The summed E-state index contributed by atoms with van der Waals surface area (Å²) in [6.07, 6.45) is 2.13. The van der Waals surface area contributed by atoms with Crippen LogP contribution < -0.4 is 0 Å². The summed E-state index contributed by atoms with van der Waals surface area (Å²) in [4.78, 5) is 0. The van der Waals surface area contributed by atoms with Gasteiger partial charge < -0.3 is 28.8 Å². The van der Waals surface area contributed by atoms with Gasteiger partial charge in [0.25, 0.3) is 0 Å². The largest absolute Gasteiger partial charge is 0.388 e. The second kappa shape index (κ2) is 8.04. The van der Waals surface area contributed by atoms with Crippen LogP contribution in [0.2, 0.25) is 0 Å². The zero-order valence-electron chi connectivity index (χ0n) is 10.6. The Hall–Kier alpha value is -0.240. The Bertz CT molecular complexity index is 195. The van der Waals surface area contributed by atoms with Crippen molar-refractivity contribution in [2.75, 3.05) is 46.6 Å². The fourth-order valence-corrected chi connectivity index (χ4v) is 1.38. The fourth-order valence-electron chi connectivity index (χ4n) is 1.38. The van der Waals surface area contributed by atoms with Crippen molar-refractivity contribution >= 4 is 0 Å². The first-order valence-electron chi connectivity index (χ1n) is 6.45. The summed E-state index contributed by atoms with van der Waals surface area (Å²) in [5, 5.41) is 9.51. The van der Waals surface area contributed by atoms with Crippen molar-refractivity contribution in [2.24, 2.45) is 5.92 Å². The first-order valence-corrected chi connectivity index (χ1v) is 6.45. The zero-order valence-corrected chi connectivity index (χ0v) is 10.6. The standard InChI is InChI=1S/C12H22O6/c13-11(4-15-8-14-3-10-1-2-10)5-16-9-17-6-12-7-18-12/h10-13H,1-9H2. The van der Waals surface area contributed by atoms with E-state index in [0.717, 1.165) is 19.1 Å². The Morgan fingerprint density at radius 3 is 2.17 bits per heavy atom. The van der Waals surface area contributed by atoms with Gasteiger partial charge in [-0.25, -0.2) is 0 Å². The second-order valence-corrected chi connectivity index (χ2v) is 4.77. The van der Waals surface area contributed by atoms with E-state index < -0.39 is 6.10 Å². The maximum absolute atomic E-state index is 9.51. The molecule has 2 fully saturated rings. The average molecular weight is 262 g/mol. The van der Waals surface area contributed by atoms with E-state index in [1.807, 2.05) is 0 Å². The van der Waals surface area contributed by atoms with Gasteiger partial charge in [0, 0.05) is 0 Å². The summed E-state index contributed by atoms with van der Waals surface area (Å²) >= 11 is 0. The molecule has 0 spiro atoms. The molecule has 2 atom stereocenters. The first kappa shape index (κ1) is 14.2. The SMILES string of the molecule is OC(COCOCC1CC1)COCOCC1CO1. The van der Waals surface area contributed by atoms with Crippen molar-refractivity contribution in [3.8, 4) is 0 Å². The zero-order chi connectivity index (χ0) is 12.6. The Morgan fingerprint density at radius 1 is 1.00 bits per heavy atom. The van der Waals surface area contributed by atoms with E-state index in [9.17, 15) is 5.11 Å². The van der Waals surface area contributed by atoms with E-state index in [-0.39, 0.29) is 32.9 Å². The molecular weight excluding hydrogens is 240 g/mol. The number of rotatable bonds is 12. The lowest BCUT2D eigenvalue weighted by molar-refractivity contribution is -0.116. The third-order valence-electron chi connectivity index (χ3n) is 2.71. The van der Waals surface area contributed by atoms with Gasteiger partial charge in [0.1, 0.15) is 25.8 Å². The number of ether oxygens (including phenoxy) is 5. The van der Waals surface area contributed by atoms with Crippen LogP contribution in [0.25, 0.3) is 0 Å². The molecule has 2 rings (SSSR count). The molecule has 1 aliphatic heterocycles. The van der Waals surface area contributed by atoms with E-state index in [2.05, 4.69) is 0 Å². The second-order valence-electron chi connectivity index (χ2n) is 4.77. The quantitative estimate of drug-likeness (QED) is 0.306. The van der Waals surface area contributed by atoms with Gasteiger partial charge in [-0.05, 0) is 18.8 Å². The van der Waals surface area contributed by atoms with E-state index in [1.54, 1.807) is 0 Å². The molecule has 0 bridgehead atoms. The topological polar surface area (TPSA) is 69.7 Å². The van der Waals surface area contributed by atoms with Crippen LogP contribution in [0.1, 0.15) is 12.8 Å². The maximum atomic E-state index is 9.51. The maximum Gasteiger partial charge on any atom is 0.146 e. The van der Waals surface area contributed by atoms with Crippen LogP contribution in [0.3, 0.4) is 0 Å². The molecule has 0 aromatic rings. The summed E-state index contributed by atoms with van der Waals surface area (Å²) in [5.74, 6) is 0.731. The fraction of sp³-hybridized carbons (Fsp3) is 1.00. The lowest BCUT2D eigenvalue weighted by Crippen LogP contribution is -2.23. The Morgan fingerprint density at radius 2 is 1.61 bits per heavy atom. The molecule has 0 radical (unpaired) electrons. The molecule has 0 aromatic carbocycles. The molecule has 1 heterocycles. The highest BCUT2D eigenvalue weighted by atomic mass is 16.7. The molecule has 0 aromatic heterocycles. The minimum atomic E-state index is -0.643. The minimum absolute atomic E-state index is 0.176. The van der Waals surface area contributed by atoms with Crippen LogP contribution in [0.15, 0.2) is 0 Å². The molecule has 1 saturated heterocycles. The number of aliphatic hydroxyl groups excluding tert-OH is 1. The van der Waals surface area contributed by atoms with Crippen molar-refractivity contribution in [1.82, 2.24) is 0 Å². The summed E-state index contributed by atoms with van der Waals surface area (Å²) in [6.45, 7) is 2.94. The van der Waals surface area contributed by atoms with Gasteiger partial charge in [-0.3, -0.25) is 0 Å². The monoisotopic (exact) mass is 262 g/mol. The molecule has 0 amide bonds. The Kier molecular flexibility index (Phi) is 6.33. The molecule has 1 N–H and O–H groups in total. The smallest absolute Gasteiger partial charge is 0.146 e. The van der Waals surface area contributed by atoms with Gasteiger partial charge >= 0.3 is 0 Å². The number of epoxide rings is 1. The van der Waals surface area contributed by atoms with Crippen LogP contribution in [0.5, 0.6) is 0 Å². The van der Waals surface area contributed by atoms with Crippen LogP contribution in [-0.2, 0) is 23.7 Å². The van der Waals surface area contributed by atoms with E-state index in [1.165, 1.54) is 12.8 Å². The van der Waals surface area contributed by atoms with E-state index in [0.29, 0.717) is 6.61 Å². The molecule has 2 unspecified atom stereocenters. The molecule has 1 saturated carbocycles. The summed E-state index contributed by atoms with van der Waals surface area (Å²) in [7, 11) is 0. The predicted molar refractivity (Wildman–Crippen MR) is 62.0 cm³/mol. The summed E-state index contributed by atoms with van der Waals surface area (Å²) in [6, 6.07) is 0. The van der Waals surface area contributed by atoms with Crippen molar-refractivity contribution in [3.05, 3.63) is 0 Å². The van der Waals surface area contributed by atoms with Gasteiger partial charge in [-0.15, -0.1) is 0 Å². The number of hydrogen-bond donors (Lipinski definition) is 1.